The summed E-state index contributed by atoms with van der Waals surface area (Å²) in [7, 11) is 3.06. The van der Waals surface area contributed by atoms with E-state index in [4.69, 9.17) is 14.2 Å². The van der Waals surface area contributed by atoms with Gasteiger partial charge in [-0.15, -0.1) is 0 Å². The van der Waals surface area contributed by atoms with Gasteiger partial charge in [0.05, 0.1) is 38.7 Å². The number of anilines is 1. The molecule has 2 aliphatic rings. The van der Waals surface area contributed by atoms with Gasteiger partial charge in [0.2, 0.25) is 0 Å². The number of hydrogen-bond donors (Lipinski definition) is 0. The monoisotopic (exact) mass is 408 g/mol. The zero-order valence-corrected chi connectivity index (χ0v) is 17.3. The van der Waals surface area contributed by atoms with Crippen LogP contribution in [0.1, 0.15) is 11.1 Å². The molecule has 0 aliphatic carbocycles. The zero-order valence-electron chi connectivity index (χ0n) is 17.3. The van der Waals surface area contributed by atoms with Crippen molar-refractivity contribution in [2.45, 2.75) is 6.92 Å². The van der Waals surface area contributed by atoms with Crippen LogP contribution >= 0.6 is 0 Å². The highest BCUT2D eigenvalue weighted by Crippen LogP contribution is 2.38. The fourth-order valence-corrected chi connectivity index (χ4v) is 3.78. The molecule has 0 N–H and O–H groups in total. The molecule has 0 saturated carbocycles. The molecule has 1 saturated heterocycles. The minimum atomic E-state index is -0.349. The Morgan fingerprint density at radius 3 is 2.17 bits per heavy atom. The van der Waals surface area contributed by atoms with Crippen molar-refractivity contribution in [2.75, 3.05) is 45.4 Å². The van der Waals surface area contributed by atoms with Crippen LogP contribution in [0.25, 0.3) is 5.57 Å². The standard InChI is InChI=1S/C23H24N2O5/c1-15-4-6-16(7-5-15)20-21(24-10-12-30-13-11-24)23(27)25(22(20)26)17-8-9-18(28-2)19(14-17)29-3/h4-9,14H,10-13H2,1-3H3. The van der Waals surface area contributed by atoms with Gasteiger partial charge in [-0.3, -0.25) is 9.59 Å². The SMILES string of the molecule is COc1ccc(N2C(=O)C(c3ccc(C)cc3)=C(N3CCOCC3)C2=O)cc1OC. The van der Waals surface area contributed by atoms with Crippen molar-refractivity contribution >= 4 is 23.1 Å². The van der Waals surface area contributed by atoms with Crippen molar-refractivity contribution < 1.29 is 23.8 Å². The van der Waals surface area contributed by atoms with Crippen LogP contribution < -0.4 is 14.4 Å². The molecule has 0 unspecified atom stereocenters. The van der Waals surface area contributed by atoms with Crippen LogP contribution in [-0.4, -0.2) is 57.2 Å². The first-order chi connectivity index (χ1) is 14.5. The molecule has 2 aliphatic heterocycles. The molecule has 4 rings (SSSR count). The van der Waals surface area contributed by atoms with Crippen LogP contribution in [0.4, 0.5) is 5.69 Å². The average Bonchev–Trinajstić information content (AvgIpc) is 3.04. The molecule has 0 spiro atoms. The van der Waals surface area contributed by atoms with E-state index in [1.54, 1.807) is 18.2 Å². The van der Waals surface area contributed by atoms with Gasteiger partial charge in [0.1, 0.15) is 5.70 Å². The minimum Gasteiger partial charge on any atom is -0.493 e. The van der Waals surface area contributed by atoms with Gasteiger partial charge in [-0.05, 0) is 24.6 Å². The number of rotatable bonds is 5. The van der Waals surface area contributed by atoms with Crippen molar-refractivity contribution in [2.24, 2.45) is 0 Å². The van der Waals surface area contributed by atoms with Gasteiger partial charge in [0.15, 0.2) is 11.5 Å². The van der Waals surface area contributed by atoms with E-state index in [9.17, 15) is 9.59 Å². The van der Waals surface area contributed by atoms with Gasteiger partial charge < -0.3 is 19.1 Å². The summed E-state index contributed by atoms with van der Waals surface area (Å²) in [6.07, 6.45) is 0. The molecule has 7 heteroatoms. The second-order valence-corrected chi connectivity index (χ2v) is 7.17. The fraction of sp³-hybridized carbons (Fsp3) is 0.304. The lowest BCUT2D eigenvalue weighted by Gasteiger charge is -2.29. The van der Waals surface area contributed by atoms with Crippen LogP contribution in [0.15, 0.2) is 48.2 Å². The number of nitrogens with zero attached hydrogens (tertiary/aromatic N) is 2. The average molecular weight is 408 g/mol. The highest BCUT2D eigenvalue weighted by molar-refractivity contribution is 6.45. The van der Waals surface area contributed by atoms with Gasteiger partial charge in [0.25, 0.3) is 11.8 Å². The molecule has 0 atom stereocenters. The van der Waals surface area contributed by atoms with E-state index >= 15 is 0 Å². The number of morpholine rings is 1. The first-order valence-corrected chi connectivity index (χ1v) is 9.80. The number of imide groups is 1. The summed E-state index contributed by atoms with van der Waals surface area (Å²) >= 11 is 0. The number of carbonyl (C=O) groups excluding carboxylic acids is 2. The Bertz CT molecular complexity index is 1010. The topological polar surface area (TPSA) is 68.3 Å². The lowest BCUT2D eigenvalue weighted by molar-refractivity contribution is -0.121. The Morgan fingerprint density at radius 2 is 1.53 bits per heavy atom. The molecule has 156 valence electrons. The number of carbonyl (C=O) groups is 2. The summed E-state index contributed by atoms with van der Waals surface area (Å²) in [5.74, 6) is 0.287. The van der Waals surface area contributed by atoms with Gasteiger partial charge in [-0.1, -0.05) is 29.8 Å². The van der Waals surface area contributed by atoms with E-state index < -0.39 is 0 Å². The number of aryl methyl sites for hydroxylation is 1. The summed E-state index contributed by atoms with van der Waals surface area (Å²) in [5.41, 5.74) is 3.08. The van der Waals surface area contributed by atoms with Gasteiger partial charge >= 0.3 is 0 Å². The first-order valence-electron chi connectivity index (χ1n) is 9.80. The molecule has 2 heterocycles. The maximum Gasteiger partial charge on any atom is 0.282 e. The lowest BCUT2D eigenvalue weighted by Crippen LogP contribution is -2.40. The molecule has 0 bridgehead atoms. The van der Waals surface area contributed by atoms with E-state index in [-0.39, 0.29) is 11.8 Å². The predicted octanol–water partition coefficient (Wildman–Crippen LogP) is 2.63. The van der Waals surface area contributed by atoms with Crippen LogP contribution in [0.2, 0.25) is 0 Å². The first kappa shape index (κ1) is 20.0. The van der Waals surface area contributed by atoms with E-state index in [2.05, 4.69) is 0 Å². The zero-order chi connectivity index (χ0) is 21.3. The van der Waals surface area contributed by atoms with Crippen molar-refractivity contribution in [3.63, 3.8) is 0 Å². The van der Waals surface area contributed by atoms with Crippen molar-refractivity contribution in [3.05, 3.63) is 59.3 Å². The minimum absolute atomic E-state index is 0.343. The lowest BCUT2D eigenvalue weighted by atomic mass is 10.0. The van der Waals surface area contributed by atoms with Crippen molar-refractivity contribution in [3.8, 4) is 11.5 Å². The molecular formula is C23H24N2O5. The van der Waals surface area contributed by atoms with E-state index in [0.29, 0.717) is 54.8 Å². The molecule has 0 radical (unpaired) electrons. The van der Waals surface area contributed by atoms with Crippen molar-refractivity contribution in [1.82, 2.24) is 4.90 Å². The smallest absolute Gasteiger partial charge is 0.282 e. The third kappa shape index (κ3) is 3.41. The normalized spacial score (nSPS) is 17.0. The predicted molar refractivity (Wildman–Crippen MR) is 113 cm³/mol. The highest BCUT2D eigenvalue weighted by atomic mass is 16.5. The molecular weight excluding hydrogens is 384 g/mol. The number of amides is 2. The second-order valence-electron chi connectivity index (χ2n) is 7.17. The Labute approximate surface area is 175 Å². The van der Waals surface area contributed by atoms with Gasteiger partial charge in [-0.25, -0.2) is 4.90 Å². The Hall–Kier alpha value is -3.32. The Kier molecular flexibility index (Phi) is 5.46. The molecule has 7 nitrogen and oxygen atoms in total. The van der Waals surface area contributed by atoms with E-state index in [0.717, 1.165) is 11.1 Å². The van der Waals surface area contributed by atoms with E-state index in [1.165, 1.54) is 19.1 Å². The van der Waals surface area contributed by atoms with Crippen LogP contribution in [0, 0.1) is 6.92 Å². The van der Waals surface area contributed by atoms with Gasteiger partial charge in [0, 0.05) is 19.2 Å². The second kappa shape index (κ2) is 8.20. The van der Waals surface area contributed by atoms with Crippen LogP contribution in [0.5, 0.6) is 11.5 Å². The van der Waals surface area contributed by atoms with E-state index in [1.807, 2.05) is 36.1 Å². The summed E-state index contributed by atoms with van der Waals surface area (Å²) in [4.78, 5) is 30.2. The van der Waals surface area contributed by atoms with Crippen LogP contribution in [0.3, 0.4) is 0 Å². The summed E-state index contributed by atoms with van der Waals surface area (Å²) in [6.45, 7) is 4.14. The highest BCUT2D eigenvalue weighted by Gasteiger charge is 2.43. The number of benzene rings is 2. The number of hydrogen-bond acceptors (Lipinski definition) is 6. The Morgan fingerprint density at radius 1 is 0.867 bits per heavy atom. The molecule has 0 aromatic heterocycles. The molecule has 2 aromatic carbocycles. The molecule has 2 amide bonds. The molecule has 2 aromatic rings. The van der Waals surface area contributed by atoms with Crippen LogP contribution in [-0.2, 0) is 14.3 Å². The maximum absolute atomic E-state index is 13.5. The molecule has 1 fully saturated rings. The van der Waals surface area contributed by atoms with Crippen molar-refractivity contribution in [1.29, 1.82) is 0 Å². The third-order valence-electron chi connectivity index (χ3n) is 5.35. The number of ether oxygens (including phenoxy) is 3. The summed E-state index contributed by atoms with van der Waals surface area (Å²) in [6, 6.07) is 12.7. The summed E-state index contributed by atoms with van der Waals surface area (Å²) in [5, 5.41) is 0. The molecule has 30 heavy (non-hydrogen) atoms. The fourth-order valence-electron chi connectivity index (χ4n) is 3.78. The largest absolute Gasteiger partial charge is 0.493 e. The maximum atomic E-state index is 13.5. The Balaban J connectivity index is 1.81. The van der Waals surface area contributed by atoms with Gasteiger partial charge in [-0.2, -0.15) is 0 Å². The number of methoxy groups -OCH3 is 2. The quantitative estimate of drug-likeness (QED) is 0.709. The third-order valence-corrected chi connectivity index (χ3v) is 5.35. The summed E-state index contributed by atoms with van der Waals surface area (Å²) < 4.78 is 16.1.